The summed E-state index contributed by atoms with van der Waals surface area (Å²) in [6.45, 7) is 4.54. The average Bonchev–Trinajstić information content (AvgIpc) is 2.50. The Labute approximate surface area is 133 Å². The van der Waals surface area contributed by atoms with Crippen LogP contribution >= 0.6 is 0 Å². The molecular formula is C20H26O2. The summed E-state index contributed by atoms with van der Waals surface area (Å²) in [5, 5.41) is 18.6. The van der Waals surface area contributed by atoms with Gasteiger partial charge >= 0.3 is 0 Å². The maximum atomic E-state index is 9.33. The van der Waals surface area contributed by atoms with E-state index < -0.39 is 0 Å². The maximum absolute atomic E-state index is 9.33. The van der Waals surface area contributed by atoms with Crippen LogP contribution in [-0.4, -0.2) is 10.2 Å². The standard InChI is InChI=1S/C20H26O2/c1-15(14-17-6-10-19(21)11-7-17)4-3-5-16(2)18-8-12-20(22)13-9-18/h6-13,15-16,21-22H,3-5,14H2,1-2H3. The minimum absolute atomic E-state index is 0.332. The van der Waals surface area contributed by atoms with Crippen LogP contribution in [0.4, 0.5) is 0 Å². The van der Waals surface area contributed by atoms with Crippen molar-refractivity contribution in [3.63, 3.8) is 0 Å². The second kappa shape index (κ2) is 7.88. The molecule has 2 aromatic rings. The van der Waals surface area contributed by atoms with Crippen LogP contribution in [-0.2, 0) is 6.42 Å². The normalized spacial score (nSPS) is 13.7. The SMILES string of the molecule is CC(CCCC(C)c1ccc(O)cc1)Cc1ccc(O)cc1. The predicted octanol–water partition coefficient (Wildman–Crippen LogP) is 5.25. The van der Waals surface area contributed by atoms with Gasteiger partial charge < -0.3 is 10.2 Å². The summed E-state index contributed by atoms with van der Waals surface area (Å²) in [5.41, 5.74) is 2.58. The third-order valence-electron chi connectivity index (χ3n) is 4.32. The summed E-state index contributed by atoms with van der Waals surface area (Å²) in [6, 6.07) is 15.1. The Bertz CT molecular complexity index is 557. The van der Waals surface area contributed by atoms with E-state index in [1.165, 1.54) is 30.4 Å². The third kappa shape index (κ3) is 5.10. The largest absolute Gasteiger partial charge is 0.508 e. The van der Waals surface area contributed by atoms with Crippen molar-refractivity contribution in [1.82, 2.24) is 0 Å². The maximum Gasteiger partial charge on any atom is 0.115 e. The highest BCUT2D eigenvalue weighted by Crippen LogP contribution is 2.25. The van der Waals surface area contributed by atoms with Crippen molar-refractivity contribution in [2.45, 2.75) is 45.4 Å². The van der Waals surface area contributed by atoms with Gasteiger partial charge in [0.05, 0.1) is 0 Å². The Morgan fingerprint density at radius 2 is 1.32 bits per heavy atom. The monoisotopic (exact) mass is 298 g/mol. The molecule has 2 heteroatoms. The molecule has 118 valence electrons. The van der Waals surface area contributed by atoms with E-state index in [-0.39, 0.29) is 0 Å². The molecule has 0 spiro atoms. The number of hydrogen-bond donors (Lipinski definition) is 2. The zero-order valence-corrected chi connectivity index (χ0v) is 13.5. The molecule has 0 radical (unpaired) electrons. The fourth-order valence-electron chi connectivity index (χ4n) is 2.88. The van der Waals surface area contributed by atoms with Crippen LogP contribution in [0.25, 0.3) is 0 Å². The molecule has 0 fully saturated rings. The van der Waals surface area contributed by atoms with Gasteiger partial charge in [-0.15, -0.1) is 0 Å². The zero-order chi connectivity index (χ0) is 15.9. The van der Waals surface area contributed by atoms with Gasteiger partial charge in [0, 0.05) is 0 Å². The highest BCUT2D eigenvalue weighted by atomic mass is 16.3. The summed E-state index contributed by atoms with van der Waals surface area (Å²) in [7, 11) is 0. The molecule has 0 saturated heterocycles. The van der Waals surface area contributed by atoms with E-state index in [0.717, 1.165) is 6.42 Å². The lowest BCUT2D eigenvalue weighted by molar-refractivity contribution is 0.469. The first-order valence-corrected chi connectivity index (χ1v) is 8.11. The van der Waals surface area contributed by atoms with Gasteiger partial charge in [-0.2, -0.15) is 0 Å². The second-order valence-electron chi connectivity index (χ2n) is 6.40. The molecule has 0 heterocycles. The molecule has 0 amide bonds. The topological polar surface area (TPSA) is 40.5 Å². The van der Waals surface area contributed by atoms with E-state index in [1.54, 1.807) is 24.3 Å². The highest BCUT2D eigenvalue weighted by molar-refractivity contribution is 5.28. The molecule has 22 heavy (non-hydrogen) atoms. The fourth-order valence-corrected chi connectivity index (χ4v) is 2.88. The van der Waals surface area contributed by atoms with Crippen LogP contribution in [0, 0.1) is 5.92 Å². The van der Waals surface area contributed by atoms with Gasteiger partial charge in [-0.25, -0.2) is 0 Å². The van der Waals surface area contributed by atoms with Gasteiger partial charge in [0.15, 0.2) is 0 Å². The molecule has 2 nitrogen and oxygen atoms in total. The summed E-state index contributed by atoms with van der Waals surface area (Å²) < 4.78 is 0. The number of aromatic hydroxyl groups is 2. The Hall–Kier alpha value is -1.96. The summed E-state index contributed by atoms with van der Waals surface area (Å²) in [6.07, 6.45) is 4.66. The van der Waals surface area contributed by atoms with Crippen molar-refractivity contribution >= 4 is 0 Å². The Kier molecular flexibility index (Phi) is 5.88. The van der Waals surface area contributed by atoms with Crippen molar-refractivity contribution in [2.24, 2.45) is 5.92 Å². The number of hydrogen-bond acceptors (Lipinski definition) is 2. The van der Waals surface area contributed by atoms with Crippen LogP contribution in [0.3, 0.4) is 0 Å². The van der Waals surface area contributed by atoms with Crippen LogP contribution in [0.1, 0.15) is 50.2 Å². The molecular weight excluding hydrogens is 272 g/mol. The Morgan fingerprint density at radius 3 is 1.91 bits per heavy atom. The lowest BCUT2D eigenvalue weighted by atomic mass is 9.91. The molecule has 2 rings (SSSR count). The van der Waals surface area contributed by atoms with E-state index in [9.17, 15) is 10.2 Å². The quantitative estimate of drug-likeness (QED) is 0.733. The van der Waals surface area contributed by atoms with Crippen molar-refractivity contribution in [3.05, 3.63) is 59.7 Å². The highest BCUT2D eigenvalue weighted by Gasteiger charge is 2.08. The van der Waals surface area contributed by atoms with Crippen LogP contribution in [0.5, 0.6) is 11.5 Å². The Morgan fingerprint density at radius 1 is 0.773 bits per heavy atom. The zero-order valence-electron chi connectivity index (χ0n) is 13.5. The van der Waals surface area contributed by atoms with E-state index in [1.807, 2.05) is 24.3 Å². The average molecular weight is 298 g/mol. The van der Waals surface area contributed by atoms with Crippen molar-refractivity contribution in [3.8, 4) is 11.5 Å². The Balaban J connectivity index is 1.73. The molecule has 0 saturated carbocycles. The van der Waals surface area contributed by atoms with Crippen LogP contribution < -0.4 is 0 Å². The molecule has 2 unspecified atom stereocenters. The summed E-state index contributed by atoms with van der Waals surface area (Å²) in [5.74, 6) is 1.84. The van der Waals surface area contributed by atoms with E-state index in [4.69, 9.17) is 0 Å². The minimum Gasteiger partial charge on any atom is -0.508 e. The smallest absolute Gasteiger partial charge is 0.115 e. The van der Waals surface area contributed by atoms with Crippen molar-refractivity contribution in [2.75, 3.05) is 0 Å². The second-order valence-corrected chi connectivity index (χ2v) is 6.40. The third-order valence-corrected chi connectivity index (χ3v) is 4.32. The van der Waals surface area contributed by atoms with Crippen molar-refractivity contribution in [1.29, 1.82) is 0 Å². The van der Waals surface area contributed by atoms with Crippen LogP contribution in [0.2, 0.25) is 0 Å². The molecule has 2 aromatic carbocycles. The molecule has 0 aliphatic heterocycles. The van der Waals surface area contributed by atoms with Gasteiger partial charge in [-0.05, 0) is 60.1 Å². The van der Waals surface area contributed by atoms with Gasteiger partial charge in [0.25, 0.3) is 0 Å². The first kappa shape index (κ1) is 16.4. The van der Waals surface area contributed by atoms with Gasteiger partial charge in [0.2, 0.25) is 0 Å². The van der Waals surface area contributed by atoms with Crippen LogP contribution in [0.15, 0.2) is 48.5 Å². The number of phenolic OH excluding ortho intramolecular Hbond substituents is 2. The van der Waals surface area contributed by atoms with Crippen molar-refractivity contribution < 1.29 is 10.2 Å². The molecule has 0 aromatic heterocycles. The minimum atomic E-state index is 0.332. The predicted molar refractivity (Wildman–Crippen MR) is 91.3 cm³/mol. The summed E-state index contributed by atoms with van der Waals surface area (Å²) >= 11 is 0. The number of rotatable bonds is 7. The molecule has 0 aliphatic rings. The van der Waals surface area contributed by atoms with Gasteiger partial charge in [-0.1, -0.05) is 51.0 Å². The number of benzene rings is 2. The lowest BCUT2D eigenvalue weighted by Gasteiger charge is -2.15. The summed E-state index contributed by atoms with van der Waals surface area (Å²) in [4.78, 5) is 0. The first-order chi connectivity index (χ1) is 10.5. The molecule has 0 bridgehead atoms. The van der Waals surface area contributed by atoms with E-state index >= 15 is 0 Å². The van der Waals surface area contributed by atoms with E-state index in [2.05, 4.69) is 13.8 Å². The van der Waals surface area contributed by atoms with Gasteiger partial charge in [-0.3, -0.25) is 0 Å². The lowest BCUT2D eigenvalue weighted by Crippen LogP contribution is -2.01. The molecule has 0 aliphatic carbocycles. The molecule has 2 N–H and O–H groups in total. The molecule has 2 atom stereocenters. The van der Waals surface area contributed by atoms with Gasteiger partial charge in [0.1, 0.15) is 11.5 Å². The van der Waals surface area contributed by atoms with E-state index in [0.29, 0.717) is 23.3 Å². The number of phenols is 2. The first-order valence-electron chi connectivity index (χ1n) is 8.11. The fraction of sp³-hybridized carbons (Fsp3) is 0.400.